The number of amides is 1. The molecule has 0 bridgehead atoms. The molecule has 74 valence electrons. The molecule has 1 heterocycles. The van der Waals surface area contributed by atoms with E-state index >= 15 is 0 Å². The molecule has 0 N–H and O–H groups in total. The zero-order chi connectivity index (χ0) is 9.84. The first-order valence-corrected chi connectivity index (χ1v) is 4.55. The lowest BCUT2D eigenvalue weighted by Crippen LogP contribution is -2.44. The van der Waals surface area contributed by atoms with Gasteiger partial charge in [-0.3, -0.25) is 9.59 Å². The molecule has 0 aliphatic carbocycles. The molecule has 0 unspecified atom stereocenters. The Labute approximate surface area is 78.5 Å². The van der Waals surface area contributed by atoms with E-state index in [1.165, 1.54) is 0 Å². The normalized spacial score (nSPS) is 19.8. The molecule has 1 fully saturated rings. The zero-order valence-electron chi connectivity index (χ0n) is 8.19. The van der Waals surface area contributed by atoms with Crippen LogP contribution in [-0.2, 0) is 9.59 Å². The molecule has 0 radical (unpaired) electrons. The summed E-state index contributed by atoms with van der Waals surface area (Å²) in [5.41, 5.74) is 0. The maximum atomic E-state index is 11.0. The summed E-state index contributed by atoms with van der Waals surface area (Å²) in [5.74, 6) is -0.408. The molecule has 0 saturated carbocycles. The van der Waals surface area contributed by atoms with Gasteiger partial charge in [0, 0.05) is 13.1 Å². The van der Waals surface area contributed by atoms with Crippen LogP contribution in [0.25, 0.3) is 0 Å². The molecule has 0 aromatic rings. The maximum absolute atomic E-state index is 11.0. The second-order valence-corrected chi connectivity index (χ2v) is 3.60. The first-order valence-electron chi connectivity index (χ1n) is 4.55. The summed E-state index contributed by atoms with van der Waals surface area (Å²) in [5, 5.41) is 0. The van der Waals surface area contributed by atoms with Crippen molar-refractivity contribution in [3.63, 3.8) is 0 Å². The number of hydrogen-bond acceptors (Lipinski definition) is 3. The molecule has 0 aromatic heterocycles. The molecule has 1 rings (SSSR count). The number of rotatable bonds is 2. The molecule has 1 aliphatic rings. The van der Waals surface area contributed by atoms with E-state index in [-0.39, 0.29) is 6.04 Å². The molecule has 1 aliphatic heterocycles. The Bertz CT molecular complexity index is 198. The van der Waals surface area contributed by atoms with Crippen LogP contribution in [0.15, 0.2) is 0 Å². The van der Waals surface area contributed by atoms with Gasteiger partial charge >= 0.3 is 0 Å². The number of carbonyl (C=O) groups excluding carboxylic acids is 2. The smallest absolute Gasteiger partial charge is 0.286 e. The maximum Gasteiger partial charge on any atom is 0.286 e. The van der Waals surface area contributed by atoms with E-state index in [4.69, 9.17) is 0 Å². The highest BCUT2D eigenvalue weighted by atomic mass is 16.2. The highest BCUT2D eigenvalue weighted by Crippen LogP contribution is 2.13. The van der Waals surface area contributed by atoms with Crippen molar-refractivity contribution in [2.75, 3.05) is 27.2 Å². The van der Waals surface area contributed by atoms with Gasteiger partial charge in [-0.15, -0.1) is 0 Å². The Morgan fingerprint density at radius 3 is 2.46 bits per heavy atom. The molecular weight excluding hydrogens is 168 g/mol. The standard InChI is InChI=1S/C9H16N2O2/c1-10-5-3-8(4-6-10)11(2)9(13)7-12/h7-8H,3-6H2,1-2H3. The lowest BCUT2D eigenvalue weighted by Gasteiger charge is -2.34. The summed E-state index contributed by atoms with van der Waals surface area (Å²) in [4.78, 5) is 25.1. The van der Waals surface area contributed by atoms with E-state index < -0.39 is 5.91 Å². The van der Waals surface area contributed by atoms with E-state index in [1.54, 1.807) is 11.9 Å². The van der Waals surface area contributed by atoms with Crippen LogP contribution in [0.1, 0.15) is 12.8 Å². The summed E-state index contributed by atoms with van der Waals surface area (Å²) >= 11 is 0. The van der Waals surface area contributed by atoms with Crippen molar-refractivity contribution in [3.05, 3.63) is 0 Å². The third kappa shape index (κ3) is 2.52. The van der Waals surface area contributed by atoms with Gasteiger partial charge in [0.2, 0.25) is 6.29 Å². The van der Waals surface area contributed by atoms with E-state index in [9.17, 15) is 9.59 Å². The lowest BCUT2D eigenvalue weighted by molar-refractivity contribution is -0.139. The van der Waals surface area contributed by atoms with E-state index in [1.807, 2.05) is 0 Å². The van der Waals surface area contributed by atoms with Crippen LogP contribution in [0, 0.1) is 0 Å². The zero-order valence-corrected chi connectivity index (χ0v) is 8.19. The van der Waals surface area contributed by atoms with Crippen molar-refractivity contribution in [2.45, 2.75) is 18.9 Å². The summed E-state index contributed by atoms with van der Waals surface area (Å²) in [6, 6.07) is 0.244. The van der Waals surface area contributed by atoms with Gasteiger partial charge in [-0.1, -0.05) is 0 Å². The van der Waals surface area contributed by atoms with Crippen molar-refractivity contribution in [3.8, 4) is 0 Å². The third-order valence-electron chi connectivity index (χ3n) is 2.68. The van der Waals surface area contributed by atoms with Crippen molar-refractivity contribution < 1.29 is 9.59 Å². The topological polar surface area (TPSA) is 40.6 Å². The van der Waals surface area contributed by atoms with Crippen molar-refractivity contribution >= 4 is 12.2 Å². The van der Waals surface area contributed by atoms with Gasteiger partial charge in [0.25, 0.3) is 5.91 Å². The number of carbonyl (C=O) groups is 2. The number of piperidine rings is 1. The third-order valence-corrected chi connectivity index (χ3v) is 2.68. The number of hydrogen-bond donors (Lipinski definition) is 0. The molecule has 4 heteroatoms. The van der Waals surface area contributed by atoms with Gasteiger partial charge in [-0.25, -0.2) is 0 Å². The van der Waals surface area contributed by atoms with Crippen molar-refractivity contribution in [1.29, 1.82) is 0 Å². The van der Waals surface area contributed by atoms with Crippen LogP contribution in [-0.4, -0.2) is 55.2 Å². The number of likely N-dealkylation sites (N-methyl/N-ethyl adjacent to an activating group) is 1. The molecule has 13 heavy (non-hydrogen) atoms. The second-order valence-electron chi connectivity index (χ2n) is 3.60. The summed E-state index contributed by atoms with van der Waals surface area (Å²) in [7, 11) is 3.77. The number of nitrogens with zero attached hydrogens (tertiary/aromatic N) is 2. The number of aldehydes is 1. The van der Waals surface area contributed by atoms with Gasteiger partial charge in [0.1, 0.15) is 0 Å². The molecule has 1 saturated heterocycles. The van der Waals surface area contributed by atoms with Gasteiger partial charge in [-0.05, 0) is 33.0 Å². The minimum absolute atomic E-state index is 0.244. The Balaban J connectivity index is 2.44. The fourth-order valence-corrected chi connectivity index (χ4v) is 1.65. The molecular formula is C9H16N2O2. The van der Waals surface area contributed by atoms with Gasteiger partial charge in [0.05, 0.1) is 0 Å². The van der Waals surface area contributed by atoms with Crippen LogP contribution in [0.5, 0.6) is 0 Å². The Morgan fingerprint density at radius 1 is 1.46 bits per heavy atom. The highest BCUT2D eigenvalue weighted by Gasteiger charge is 2.23. The van der Waals surface area contributed by atoms with Gasteiger partial charge in [0.15, 0.2) is 0 Å². The van der Waals surface area contributed by atoms with Crippen molar-refractivity contribution in [2.24, 2.45) is 0 Å². The summed E-state index contributed by atoms with van der Waals surface area (Å²) in [6.07, 6.45) is 2.32. The Kier molecular flexibility index (Phi) is 3.42. The van der Waals surface area contributed by atoms with Gasteiger partial charge < -0.3 is 9.80 Å². The molecule has 0 atom stereocenters. The van der Waals surface area contributed by atoms with E-state index in [2.05, 4.69) is 11.9 Å². The molecule has 0 aromatic carbocycles. The fourth-order valence-electron chi connectivity index (χ4n) is 1.65. The lowest BCUT2D eigenvalue weighted by atomic mass is 10.0. The molecule has 4 nitrogen and oxygen atoms in total. The quantitative estimate of drug-likeness (QED) is 0.438. The van der Waals surface area contributed by atoms with Crippen LogP contribution in [0.2, 0.25) is 0 Å². The summed E-state index contributed by atoms with van der Waals surface area (Å²) in [6.45, 7) is 2.00. The van der Waals surface area contributed by atoms with Gasteiger partial charge in [-0.2, -0.15) is 0 Å². The van der Waals surface area contributed by atoms with Crippen molar-refractivity contribution in [1.82, 2.24) is 9.80 Å². The molecule has 1 amide bonds. The average Bonchev–Trinajstić information content (AvgIpc) is 2.17. The first-order chi connectivity index (χ1) is 6.15. The van der Waals surface area contributed by atoms with E-state index in [0.717, 1.165) is 25.9 Å². The summed E-state index contributed by atoms with van der Waals surface area (Å²) < 4.78 is 0. The first kappa shape index (κ1) is 10.2. The predicted octanol–water partition coefficient (Wildman–Crippen LogP) is -0.262. The largest absolute Gasteiger partial charge is 0.336 e. The van der Waals surface area contributed by atoms with Crippen LogP contribution >= 0.6 is 0 Å². The minimum atomic E-state index is -0.408. The SMILES string of the molecule is CN1CCC(N(C)C(=O)C=O)CC1. The Morgan fingerprint density at radius 2 is 2.00 bits per heavy atom. The van der Waals surface area contributed by atoms with Crippen LogP contribution < -0.4 is 0 Å². The monoisotopic (exact) mass is 184 g/mol. The number of likely N-dealkylation sites (tertiary alicyclic amines) is 1. The Hall–Kier alpha value is -0.900. The van der Waals surface area contributed by atoms with E-state index in [0.29, 0.717) is 6.29 Å². The average molecular weight is 184 g/mol. The highest BCUT2D eigenvalue weighted by molar-refractivity contribution is 6.23. The predicted molar refractivity (Wildman–Crippen MR) is 49.4 cm³/mol. The fraction of sp³-hybridized carbons (Fsp3) is 0.778. The second kappa shape index (κ2) is 4.37. The van der Waals surface area contributed by atoms with Crippen LogP contribution in [0.3, 0.4) is 0 Å². The van der Waals surface area contributed by atoms with Crippen LogP contribution in [0.4, 0.5) is 0 Å². The molecule has 0 spiro atoms. The minimum Gasteiger partial charge on any atom is -0.336 e.